The van der Waals surface area contributed by atoms with E-state index in [0.29, 0.717) is 11.1 Å². The van der Waals surface area contributed by atoms with E-state index in [1.54, 1.807) is 43.3 Å². The molecule has 204 valence electrons. The summed E-state index contributed by atoms with van der Waals surface area (Å²) >= 11 is 12.1. The molecule has 0 spiro atoms. The molecule has 2 amide bonds. The Morgan fingerprint density at radius 2 is 1.29 bits per heavy atom. The molecule has 0 bridgehead atoms. The van der Waals surface area contributed by atoms with Crippen molar-refractivity contribution in [3.63, 3.8) is 0 Å². The van der Waals surface area contributed by atoms with Crippen LogP contribution in [0.5, 0.6) is 5.75 Å². The molecule has 1 aliphatic heterocycles. The molecular weight excluding hydrogens is 569 g/mol. The summed E-state index contributed by atoms with van der Waals surface area (Å²) < 4.78 is 10.5. The first-order chi connectivity index (χ1) is 19.6. The third-order valence-corrected chi connectivity index (χ3v) is 7.07. The summed E-state index contributed by atoms with van der Waals surface area (Å²) in [7, 11) is 0. The number of halogens is 2. The van der Waals surface area contributed by atoms with E-state index in [-0.39, 0.29) is 43.7 Å². The van der Waals surface area contributed by atoms with Crippen LogP contribution in [0.3, 0.4) is 0 Å². The molecule has 0 atom stereocenters. The minimum atomic E-state index is -0.823. The van der Waals surface area contributed by atoms with E-state index >= 15 is 0 Å². The molecule has 4 aromatic rings. The SMILES string of the molecule is Cc1ccc(C(=O)OCC(=O)c2ccc(OC(=O)c3ccccc3)cc2)cc1N1C(=O)c2cc(Cl)c(Cl)cc2C1=O. The van der Waals surface area contributed by atoms with Crippen molar-refractivity contribution in [2.45, 2.75) is 6.92 Å². The highest BCUT2D eigenvalue weighted by molar-refractivity contribution is 6.44. The molecule has 10 heteroatoms. The van der Waals surface area contributed by atoms with Crippen LogP contribution in [0.4, 0.5) is 5.69 Å². The molecule has 0 unspecified atom stereocenters. The number of rotatable bonds is 7. The third-order valence-electron chi connectivity index (χ3n) is 6.34. The first kappa shape index (κ1) is 27.8. The molecule has 4 aromatic carbocycles. The minimum Gasteiger partial charge on any atom is -0.454 e. The molecule has 5 rings (SSSR count). The molecule has 0 saturated heterocycles. The van der Waals surface area contributed by atoms with Gasteiger partial charge in [0, 0.05) is 5.56 Å². The van der Waals surface area contributed by atoms with Crippen molar-refractivity contribution in [1.29, 1.82) is 0 Å². The second kappa shape index (κ2) is 11.4. The van der Waals surface area contributed by atoms with E-state index in [0.717, 1.165) is 4.90 Å². The quantitative estimate of drug-likeness (QED) is 0.107. The Hall–Kier alpha value is -4.79. The lowest BCUT2D eigenvalue weighted by atomic mass is 10.1. The van der Waals surface area contributed by atoms with Crippen LogP contribution < -0.4 is 9.64 Å². The molecule has 1 aliphatic rings. The van der Waals surface area contributed by atoms with E-state index in [4.69, 9.17) is 32.7 Å². The number of hydrogen-bond acceptors (Lipinski definition) is 7. The van der Waals surface area contributed by atoms with E-state index in [1.807, 2.05) is 0 Å². The van der Waals surface area contributed by atoms with Crippen molar-refractivity contribution >= 4 is 58.4 Å². The molecule has 0 N–H and O–H groups in total. The predicted molar refractivity (Wildman–Crippen MR) is 151 cm³/mol. The van der Waals surface area contributed by atoms with Crippen molar-refractivity contribution in [1.82, 2.24) is 0 Å². The van der Waals surface area contributed by atoms with Crippen molar-refractivity contribution < 1.29 is 33.4 Å². The van der Waals surface area contributed by atoms with Crippen molar-refractivity contribution in [3.05, 3.63) is 128 Å². The van der Waals surface area contributed by atoms with Crippen LogP contribution >= 0.6 is 23.2 Å². The summed E-state index contributed by atoms with van der Waals surface area (Å²) in [6.45, 7) is 1.12. The molecule has 41 heavy (non-hydrogen) atoms. The standard InChI is InChI=1S/C31H19Cl2NO7/c1-17-7-8-20(13-26(17)34-28(36)22-14-24(32)25(33)15-23(22)29(34)37)30(38)40-16-27(35)18-9-11-21(12-10-18)41-31(39)19-5-3-2-4-6-19/h2-15H,16H2,1H3. The maximum Gasteiger partial charge on any atom is 0.343 e. The Kier molecular flexibility index (Phi) is 7.70. The number of amides is 2. The van der Waals surface area contributed by atoms with Crippen molar-refractivity contribution in [2.24, 2.45) is 0 Å². The normalized spacial score (nSPS) is 12.2. The number of anilines is 1. The zero-order chi connectivity index (χ0) is 29.3. The van der Waals surface area contributed by atoms with Gasteiger partial charge in [-0.25, -0.2) is 14.5 Å². The molecule has 0 saturated carbocycles. The van der Waals surface area contributed by atoms with Gasteiger partial charge in [-0.05, 0) is 73.2 Å². The number of nitrogens with zero attached hydrogens (tertiary/aromatic N) is 1. The van der Waals surface area contributed by atoms with Gasteiger partial charge >= 0.3 is 11.9 Å². The van der Waals surface area contributed by atoms with Gasteiger partial charge in [-0.2, -0.15) is 0 Å². The number of ether oxygens (including phenoxy) is 2. The number of carbonyl (C=O) groups excluding carboxylic acids is 5. The van der Waals surface area contributed by atoms with Gasteiger partial charge in [-0.1, -0.05) is 47.5 Å². The van der Waals surface area contributed by atoms with Gasteiger partial charge in [0.05, 0.1) is 38.0 Å². The summed E-state index contributed by atoms with van der Waals surface area (Å²) in [5, 5.41) is 0.268. The molecule has 0 aliphatic carbocycles. The lowest BCUT2D eigenvalue weighted by Crippen LogP contribution is -2.30. The largest absolute Gasteiger partial charge is 0.454 e. The van der Waals surface area contributed by atoms with Crippen LogP contribution in [0.25, 0.3) is 0 Å². The molecule has 1 heterocycles. The zero-order valence-corrected chi connectivity index (χ0v) is 22.9. The van der Waals surface area contributed by atoms with Gasteiger partial charge in [0.15, 0.2) is 12.4 Å². The van der Waals surface area contributed by atoms with Crippen molar-refractivity contribution in [2.75, 3.05) is 11.5 Å². The van der Waals surface area contributed by atoms with E-state index < -0.39 is 36.1 Å². The van der Waals surface area contributed by atoms with Gasteiger partial charge in [0.25, 0.3) is 11.8 Å². The average Bonchev–Trinajstić information content (AvgIpc) is 3.21. The second-order valence-corrected chi connectivity index (χ2v) is 9.85. The highest BCUT2D eigenvalue weighted by atomic mass is 35.5. The Morgan fingerprint density at radius 1 is 0.707 bits per heavy atom. The number of aryl methyl sites for hydroxylation is 1. The Labute approximate surface area is 244 Å². The predicted octanol–water partition coefficient (Wildman–Crippen LogP) is 6.36. The van der Waals surface area contributed by atoms with E-state index in [1.165, 1.54) is 48.5 Å². The fraction of sp³-hybridized carbons (Fsp3) is 0.0645. The summed E-state index contributed by atoms with van der Waals surface area (Å²) in [5.74, 6) is -2.81. The van der Waals surface area contributed by atoms with Crippen molar-refractivity contribution in [3.8, 4) is 5.75 Å². The fourth-order valence-electron chi connectivity index (χ4n) is 4.18. The third kappa shape index (κ3) is 5.61. The van der Waals surface area contributed by atoms with Crippen LogP contribution in [0, 0.1) is 6.92 Å². The Bertz CT molecular complexity index is 1690. The summed E-state index contributed by atoms with van der Waals surface area (Å²) in [4.78, 5) is 64.6. The monoisotopic (exact) mass is 587 g/mol. The Balaban J connectivity index is 1.25. The molecule has 8 nitrogen and oxygen atoms in total. The number of Topliss-reactive ketones (excluding diaryl/α,β-unsaturated/α-hetero) is 1. The number of esters is 2. The van der Waals surface area contributed by atoms with Crippen LogP contribution in [0.15, 0.2) is 84.9 Å². The van der Waals surface area contributed by atoms with Crippen LogP contribution in [0.1, 0.15) is 57.4 Å². The summed E-state index contributed by atoms with van der Waals surface area (Å²) in [6, 6.07) is 21.3. The van der Waals surface area contributed by atoms with Gasteiger partial charge in [0.2, 0.25) is 0 Å². The van der Waals surface area contributed by atoms with Crippen LogP contribution in [-0.2, 0) is 4.74 Å². The lowest BCUT2D eigenvalue weighted by molar-refractivity contribution is 0.0474. The minimum absolute atomic E-state index is 0.0363. The van der Waals surface area contributed by atoms with Gasteiger partial charge in [-0.3, -0.25) is 14.4 Å². The molecule has 0 radical (unpaired) electrons. The highest BCUT2D eigenvalue weighted by Gasteiger charge is 2.38. The maximum absolute atomic E-state index is 13.0. The van der Waals surface area contributed by atoms with Gasteiger partial charge in [-0.15, -0.1) is 0 Å². The van der Waals surface area contributed by atoms with Crippen LogP contribution in [-0.4, -0.2) is 36.1 Å². The first-order valence-electron chi connectivity index (χ1n) is 12.2. The fourth-order valence-corrected chi connectivity index (χ4v) is 4.50. The first-order valence-corrected chi connectivity index (χ1v) is 13.0. The maximum atomic E-state index is 13.0. The second-order valence-electron chi connectivity index (χ2n) is 9.04. The number of hydrogen-bond donors (Lipinski definition) is 0. The number of fused-ring (bicyclic) bond motifs is 1. The summed E-state index contributed by atoms with van der Waals surface area (Å²) in [5.41, 5.74) is 1.60. The van der Waals surface area contributed by atoms with Gasteiger partial charge < -0.3 is 9.47 Å². The number of benzene rings is 4. The smallest absolute Gasteiger partial charge is 0.343 e. The molecule has 0 fully saturated rings. The molecule has 0 aromatic heterocycles. The summed E-state index contributed by atoms with van der Waals surface area (Å²) in [6.07, 6.45) is 0. The zero-order valence-electron chi connectivity index (χ0n) is 21.4. The van der Waals surface area contributed by atoms with E-state index in [9.17, 15) is 24.0 Å². The number of carbonyl (C=O) groups is 5. The Morgan fingerprint density at radius 3 is 1.90 bits per heavy atom. The topological polar surface area (TPSA) is 107 Å². The number of imide groups is 1. The highest BCUT2D eigenvalue weighted by Crippen LogP contribution is 2.35. The van der Waals surface area contributed by atoms with Crippen LogP contribution in [0.2, 0.25) is 10.0 Å². The van der Waals surface area contributed by atoms with Gasteiger partial charge in [0.1, 0.15) is 5.75 Å². The average molecular weight is 588 g/mol. The molecular formula is C31H19Cl2NO7. The van der Waals surface area contributed by atoms with E-state index in [2.05, 4.69) is 0 Å². The lowest BCUT2D eigenvalue weighted by Gasteiger charge is -2.17. The number of ketones is 1.